The normalized spacial score (nSPS) is 16.6. The van der Waals surface area contributed by atoms with E-state index in [-0.39, 0.29) is 5.91 Å². The van der Waals surface area contributed by atoms with E-state index in [9.17, 15) is 4.79 Å². The topological polar surface area (TPSA) is 68.2 Å². The zero-order chi connectivity index (χ0) is 17.7. The summed E-state index contributed by atoms with van der Waals surface area (Å²) in [6, 6.07) is 9.42. The van der Waals surface area contributed by atoms with E-state index in [2.05, 4.69) is 29.6 Å². The summed E-state index contributed by atoms with van der Waals surface area (Å²) in [4.78, 5) is 13.1. The van der Waals surface area contributed by atoms with Crippen LogP contribution in [0, 0.1) is 5.92 Å². The monoisotopic (exact) mass is 342 g/mol. The van der Waals surface area contributed by atoms with Crippen LogP contribution in [0.5, 0.6) is 5.75 Å². The van der Waals surface area contributed by atoms with E-state index in [0.29, 0.717) is 25.4 Å². The highest BCUT2D eigenvalue weighted by atomic mass is 16.5. The van der Waals surface area contributed by atoms with Gasteiger partial charge in [0.2, 0.25) is 0 Å². The zero-order valence-electron chi connectivity index (χ0n) is 14.9. The largest absolute Gasteiger partial charge is 0.493 e. The highest BCUT2D eigenvalue weighted by Gasteiger charge is 2.42. The number of nitrogens with zero attached hydrogens (tertiary/aromatic N) is 2. The second-order valence-corrected chi connectivity index (χ2v) is 6.92. The van der Waals surface area contributed by atoms with Gasteiger partial charge in [0.15, 0.2) is 0 Å². The van der Waals surface area contributed by atoms with Gasteiger partial charge in [0, 0.05) is 24.1 Å². The van der Waals surface area contributed by atoms with Gasteiger partial charge < -0.3 is 15.4 Å². The molecule has 3 rings (SSSR count). The molecule has 2 aromatic rings. The highest BCUT2D eigenvalue weighted by molar-refractivity contribution is 5.96. The zero-order valence-corrected chi connectivity index (χ0v) is 14.9. The van der Waals surface area contributed by atoms with Crippen LogP contribution in [0.25, 0.3) is 0 Å². The number of hydrogen-bond donors (Lipinski definition) is 2. The van der Waals surface area contributed by atoms with Crippen LogP contribution in [0.1, 0.15) is 26.7 Å². The Morgan fingerprint density at radius 2 is 2.16 bits per heavy atom. The summed E-state index contributed by atoms with van der Waals surface area (Å²) in [7, 11) is 0. The number of ether oxygens (including phenoxy) is 1. The summed E-state index contributed by atoms with van der Waals surface area (Å²) in [5.74, 6) is 1.19. The summed E-state index contributed by atoms with van der Waals surface area (Å²) in [6.45, 7) is 6.46. The van der Waals surface area contributed by atoms with E-state index >= 15 is 0 Å². The van der Waals surface area contributed by atoms with Crippen molar-refractivity contribution >= 4 is 11.6 Å². The van der Waals surface area contributed by atoms with Crippen molar-refractivity contribution in [2.45, 2.75) is 32.2 Å². The van der Waals surface area contributed by atoms with Crippen molar-refractivity contribution in [3.63, 3.8) is 0 Å². The van der Waals surface area contributed by atoms with Crippen molar-refractivity contribution < 1.29 is 9.53 Å². The van der Waals surface area contributed by atoms with E-state index in [0.717, 1.165) is 24.5 Å². The van der Waals surface area contributed by atoms with Crippen LogP contribution in [0.2, 0.25) is 0 Å². The van der Waals surface area contributed by atoms with Gasteiger partial charge in [-0.15, -0.1) is 0 Å². The molecule has 0 radical (unpaired) electrons. The van der Waals surface area contributed by atoms with Crippen molar-refractivity contribution in [2.24, 2.45) is 5.92 Å². The minimum Gasteiger partial charge on any atom is -0.493 e. The van der Waals surface area contributed by atoms with Gasteiger partial charge in [-0.3, -0.25) is 9.48 Å². The third-order valence-electron chi connectivity index (χ3n) is 4.47. The molecule has 6 nitrogen and oxygen atoms in total. The van der Waals surface area contributed by atoms with Crippen LogP contribution in [-0.2, 0) is 10.3 Å². The predicted octanol–water partition coefficient (Wildman–Crippen LogP) is 2.64. The molecule has 0 unspecified atom stereocenters. The van der Waals surface area contributed by atoms with Crippen LogP contribution in [0.4, 0.5) is 5.69 Å². The lowest BCUT2D eigenvalue weighted by Gasteiger charge is -2.36. The first-order chi connectivity index (χ1) is 12.1. The molecule has 0 bridgehead atoms. The van der Waals surface area contributed by atoms with Crippen molar-refractivity contribution in [1.29, 1.82) is 0 Å². The molecule has 0 spiro atoms. The number of rotatable bonds is 6. The lowest BCUT2D eigenvalue weighted by Crippen LogP contribution is -2.52. The van der Waals surface area contributed by atoms with Crippen LogP contribution in [-0.4, -0.2) is 35.4 Å². The second kappa shape index (κ2) is 7.70. The first-order valence-electron chi connectivity index (χ1n) is 8.85. The lowest BCUT2D eigenvalue weighted by molar-refractivity contribution is -0.126. The molecule has 2 heterocycles. The van der Waals surface area contributed by atoms with Gasteiger partial charge in [0.05, 0.1) is 6.61 Å². The van der Waals surface area contributed by atoms with Crippen LogP contribution in [0.15, 0.2) is 42.7 Å². The number of carbonyl (C=O) groups is 1. The van der Waals surface area contributed by atoms with E-state index < -0.39 is 5.54 Å². The molecule has 1 aliphatic heterocycles. The Hall–Kier alpha value is -2.34. The van der Waals surface area contributed by atoms with Crippen molar-refractivity contribution in [2.75, 3.05) is 25.0 Å². The quantitative estimate of drug-likeness (QED) is 0.847. The number of benzene rings is 1. The van der Waals surface area contributed by atoms with Crippen LogP contribution < -0.4 is 15.4 Å². The third-order valence-corrected chi connectivity index (χ3v) is 4.47. The number of amides is 1. The molecule has 1 fully saturated rings. The average molecular weight is 342 g/mol. The number of anilines is 1. The number of aromatic nitrogens is 2. The molecule has 1 aromatic carbocycles. The summed E-state index contributed by atoms with van der Waals surface area (Å²) in [5, 5.41) is 10.7. The van der Waals surface area contributed by atoms with E-state index in [4.69, 9.17) is 4.74 Å². The minimum absolute atomic E-state index is 0.0290. The van der Waals surface area contributed by atoms with Gasteiger partial charge in [-0.25, -0.2) is 0 Å². The van der Waals surface area contributed by atoms with Gasteiger partial charge in [-0.05, 0) is 50.0 Å². The molecule has 6 heteroatoms. The number of nitrogens with one attached hydrogen (secondary N) is 2. The van der Waals surface area contributed by atoms with Gasteiger partial charge in [0.1, 0.15) is 11.3 Å². The number of piperidine rings is 1. The number of carbonyl (C=O) groups excluding carboxylic acids is 1. The summed E-state index contributed by atoms with van der Waals surface area (Å²) < 4.78 is 7.55. The Morgan fingerprint density at radius 3 is 2.84 bits per heavy atom. The fourth-order valence-corrected chi connectivity index (χ4v) is 3.10. The molecule has 25 heavy (non-hydrogen) atoms. The van der Waals surface area contributed by atoms with Gasteiger partial charge >= 0.3 is 0 Å². The Balaban J connectivity index is 1.77. The van der Waals surface area contributed by atoms with Crippen molar-refractivity contribution in [3.05, 3.63) is 42.7 Å². The summed E-state index contributed by atoms with van der Waals surface area (Å²) in [5.41, 5.74) is 0.0973. The molecule has 1 aliphatic rings. The van der Waals surface area contributed by atoms with E-state index in [1.807, 2.05) is 36.5 Å². The molecular weight excluding hydrogens is 316 g/mol. The first-order valence-corrected chi connectivity index (χ1v) is 8.85. The Labute approximate surface area is 148 Å². The van der Waals surface area contributed by atoms with E-state index in [1.54, 1.807) is 10.9 Å². The average Bonchev–Trinajstić information content (AvgIpc) is 3.16. The van der Waals surface area contributed by atoms with Crippen LogP contribution >= 0.6 is 0 Å². The Morgan fingerprint density at radius 1 is 1.36 bits per heavy atom. The standard InChI is InChI=1S/C19H26N4O2/c1-15(2)14-25-17-6-3-5-16(13-17)22-18(24)19(7-10-20-11-8-19)23-12-4-9-21-23/h3-6,9,12-13,15,20H,7-8,10-11,14H2,1-2H3,(H,22,24). The molecule has 1 saturated heterocycles. The lowest BCUT2D eigenvalue weighted by atomic mass is 9.87. The Kier molecular flexibility index (Phi) is 5.38. The maximum Gasteiger partial charge on any atom is 0.252 e. The van der Waals surface area contributed by atoms with Gasteiger partial charge in [-0.1, -0.05) is 19.9 Å². The SMILES string of the molecule is CC(C)COc1cccc(NC(=O)C2(n3cccn3)CCNCC2)c1. The molecule has 134 valence electrons. The fraction of sp³-hybridized carbons (Fsp3) is 0.474. The molecule has 0 atom stereocenters. The van der Waals surface area contributed by atoms with Crippen molar-refractivity contribution in [1.82, 2.24) is 15.1 Å². The molecule has 0 saturated carbocycles. The summed E-state index contributed by atoms with van der Waals surface area (Å²) >= 11 is 0. The number of hydrogen-bond acceptors (Lipinski definition) is 4. The highest BCUT2D eigenvalue weighted by Crippen LogP contribution is 2.29. The second-order valence-electron chi connectivity index (χ2n) is 6.92. The first kappa shape index (κ1) is 17.5. The maximum absolute atomic E-state index is 13.1. The summed E-state index contributed by atoms with van der Waals surface area (Å²) in [6.07, 6.45) is 5.01. The predicted molar refractivity (Wildman–Crippen MR) is 97.7 cm³/mol. The van der Waals surface area contributed by atoms with Gasteiger partial charge in [0.25, 0.3) is 5.91 Å². The minimum atomic E-state index is -0.649. The molecule has 1 aromatic heterocycles. The smallest absolute Gasteiger partial charge is 0.252 e. The van der Waals surface area contributed by atoms with Gasteiger partial charge in [-0.2, -0.15) is 5.10 Å². The third kappa shape index (κ3) is 4.02. The molecule has 2 N–H and O–H groups in total. The molecule has 1 amide bonds. The Bertz CT molecular complexity index is 691. The maximum atomic E-state index is 13.1. The molecular formula is C19H26N4O2. The van der Waals surface area contributed by atoms with E-state index in [1.165, 1.54) is 0 Å². The van der Waals surface area contributed by atoms with Crippen LogP contribution in [0.3, 0.4) is 0 Å². The molecule has 0 aliphatic carbocycles. The van der Waals surface area contributed by atoms with Crippen molar-refractivity contribution in [3.8, 4) is 5.75 Å². The fourth-order valence-electron chi connectivity index (χ4n) is 3.10.